The highest BCUT2D eigenvalue weighted by Crippen LogP contribution is 2.29. The summed E-state index contributed by atoms with van der Waals surface area (Å²) in [6, 6.07) is 6.54. The topological polar surface area (TPSA) is 89.5 Å². The summed E-state index contributed by atoms with van der Waals surface area (Å²) in [4.78, 5) is 0.156. The first-order valence-electron chi connectivity index (χ1n) is 7.63. The monoisotopic (exact) mass is 361 g/mol. The van der Waals surface area contributed by atoms with Gasteiger partial charge in [0.15, 0.2) is 0 Å². The van der Waals surface area contributed by atoms with Gasteiger partial charge in [0.25, 0.3) is 10.1 Å². The summed E-state index contributed by atoms with van der Waals surface area (Å²) < 4.78 is 55.2. The number of sulfonamides is 1. The average Bonchev–Trinajstić information content (AvgIpc) is 2.49. The van der Waals surface area contributed by atoms with Crippen molar-refractivity contribution in [3.05, 3.63) is 29.8 Å². The molecule has 0 spiro atoms. The molecule has 1 aliphatic rings. The van der Waals surface area contributed by atoms with Gasteiger partial charge in [-0.25, -0.2) is 13.1 Å². The molecule has 0 heterocycles. The van der Waals surface area contributed by atoms with Crippen molar-refractivity contribution in [2.45, 2.75) is 43.6 Å². The van der Waals surface area contributed by atoms with Gasteiger partial charge in [-0.2, -0.15) is 8.42 Å². The Morgan fingerprint density at radius 1 is 1.04 bits per heavy atom. The predicted molar refractivity (Wildman–Crippen MR) is 88.0 cm³/mol. The highest BCUT2D eigenvalue weighted by molar-refractivity contribution is 7.89. The number of hydrogen-bond donors (Lipinski definition) is 1. The Hall–Kier alpha value is -0.960. The lowest BCUT2D eigenvalue weighted by Crippen LogP contribution is -2.31. The van der Waals surface area contributed by atoms with E-state index in [-0.39, 0.29) is 22.7 Å². The summed E-state index contributed by atoms with van der Waals surface area (Å²) in [5.74, 6) is 0.135. The molecule has 0 saturated heterocycles. The first-order valence-corrected chi connectivity index (χ1v) is 10.7. The van der Waals surface area contributed by atoms with Gasteiger partial charge in [-0.3, -0.25) is 4.18 Å². The molecule has 23 heavy (non-hydrogen) atoms. The van der Waals surface area contributed by atoms with Crippen LogP contribution in [0.3, 0.4) is 0 Å². The molecule has 2 rings (SSSR count). The molecule has 1 aliphatic carbocycles. The molecule has 0 amide bonds. The van der Waals surface area contributed by atoms with E-state index in [1.165, 1.54) is 19.2 Å². The minimum Gasteiger partial charge on any atom is -0.263 e. The van der Waals surface area contributed by atoms with E-state index in [9.17, 15) is 16.8 Å². The number of aryl methyl sites for hydroxylation is 1. The second-order valence-corrected chi connectivity index (χ2v) is 9.53. The SMILES string of the molecule is CNS(=O)(=O)CC1CCC(OS(=O)(=O)c2ccc(C)cc2)CC1. The Kier molecular flexibility index (Phi) is 5.83. The standard InChI is InChI=1S/C15H23NO5S2/c1-12-3-9-15(10-4-12)23(19,20)21-14-7-5-13(6-8-14)11-22(17,18)16-2/h3-4,9-10,13-14,16H,5-8,11H2,1-2H3. The van der Waals surface area contributed by atoms with Gasteiger partial charge >= 0.3 is 0 Å². The smallest absolute Gasteiger partial charge is 0.263 e. The molecule has 0 radical (unpaired) electrons. The van der Waals surface area contributed by atoms with Crippen molar-refractivity contribution in [2.24, 2.45) is 5.92 Å². The summed E-state index contributed by atoms with van der Waals surface area (Å²) in [6.07, 6.45) is 2.02. The van der Waals surface area contributed by atoms with Crippen LogP contribution in [0.1, 0.15) is 31.2 Å². The van der Waals surface area contributed by atoms with Crippen molar-refractivity contribution < 1.29 is 21.0 Å². The van der Waals surface area contributed by atoms with Gasteiger partial charge in [-0.15, -0.1) is 0 Å². The largest absolute Gasteiger partial charge is 0.297 e. The highest BCUT2D eigenvalue weighted by atomic mass is 32.2. The summed E-state index contributed by atoms with van der Waals surface area (Å²) in [5, 5.41) is 0. The molecule has 1 aromatic rings. The van der Waals surface area contributed by atoms with Crippen LogP contribution in [0.15, 0.2) is 29.2 Å². The summed E-state index contributed by atoms with van der Waals surface area (Å²) in [6.45, 7) is 1.89. The maximum Gasteiger partial charge on any atom is 0.297 e. The van der Waals surface area contributed by atoms with Crippen LogP contribution < -0.4 is 4.72 Å². The second kappa shape index (κ2) is 7.29. The Morgan fingerprint density at radius 3 is 2.13 bits per heavy atom. The van der Waals surface area contributed by atoms with Crippen LogP contribution in [0.5, 0.6) is 0 Å². The zero-order valence-corrected chi connectivity index (χ0v) is 15.0. The molecule has 1 saturated carbocycles. The zero-order valence-electron chi connectivity index (χ0n) is 13.4. The van der Waals surface area contributed by atoms with Crippen molar-refractivity contribution in [2.75, 3.05) is 12.8 Å². The van der Waals surface area contributed by atoms with Crippen molar-refractivity contribution in [3.8, 4) is 0 Å². The Labute approximate surface area is 138 Å². The van der Waals surface area contributed by atoms with Crippen LogP contribution in [0, 0.1) is 12.8 Å². The maximum atomic E-state index is 12.2. The van der Waals surface area contributed by atoms with E-state index in [1.807, 2.05) is 6.92 Å². The van der Waals surface area contributed by atoms with Crippen LogP contribution in [0.4, 0.5) is 0 Å². The lowest BCUT2D eigenvalue weighted by Gasteiger charge is -2.27. The molecular weight excluding hydrogens is 338 g/mol. The molecular formula is C15H23NO5S2. The van der Waals surface area contributed by atoms with Gasteiger partial charge in [0, 0.05) is 0 Å². The number of benzene rings is 1. The third-order valence-corrected chi connectivity index (χ3v) is 7.04. The van der Waals surface area contributed by atoms with Gasteiger partial charge in [0.1, 0.15) is 0 Å². The Balaban J connectivity index is 1.92. The molecule has 6 nitrogen and oxygen atoms in total. The number of nitrogens with one attached hydrogen (secondary N) is 1. The summed E-state index contributed by atoms with van der Waals surface area (Å²) >= 11 is 0. The van der Waals surface area contributed by atoms with Crippen LogP contribution >= 0.6 is 0 Å². The predicted octanol–water partition coefficient (Wildman–Crippen LogP) is 1.81. The average molecular weight is 361 g/mol. The van der Waals surface area contributed by atoms with E-state index in [2.05, 4.69) is 4.72 Å². The van der Waals surface area contributed by atoms with Crippen molar-refractivity contribution in [3.63, 3.8) is 0 Å². The molecule has 8 heteroatoms. The zero-order chi connectivity index (χ0) is 17.1. The normalized spacial score (nSPS) is 22.9. The molecule has 0 unspecified atom stereocenters. The Bertz CT molecular complexity index is 718. The fourth-order valence-corrected chi connectivity index (χ4v) is 4.98. The van der Waals surface area contributed by atoms with Gasteiger partial charge < -0.3 is 0 Å². The third kappa shape index (κ3) is 5.27. The van der Waals surface area contributed by atoms with Crippen LogP contribution in [-0.4, -0.2) is 35.7 Å². The quantitative estimate of drug-likeness (QED) is 0.781. The Morgan fingerprint density at radius 2 is 1.61 bits per heavy atom. The molecule has 1 fully saturated rings. The van der Waals surface area contributed by atoms with Gasteiger partial charge in [-0.1, -0.05) is 17.7 Å². The van der Waals surface area contributed by atoms with Gasteiger partial charge in [0.05, 0.1) is 16.8 Å². The third-order valence-electron chi connectivity index (χ3n) is 4.13. The van der Waals surface area contributed by atoms with E-state index in [4.69, 9.17) is 4.18 Å². The minimum absolute atomic E-state index is 0.0504. The van der Waals surface area contributed by atoms with E-state index < -0.39 is 20.1 Å². The van der Waals surface area contributed by atoms with Gasteiger partial charge in [0.2, 0.25) is 10.0 Å². The van der Waals surface area contributed by atoms with Crippen molar-refractivity contribution >= 4 is 20.1 Å². The van der Waals surface area contributed by atoms with E-state index in [0.29, 0.717) is 25.7 Å². The highest BCUT2D eigenvalue weighted by Gasteiger charge is 2.29. The van der Waals surface area contributed by atoms with Crippen LogP contribution in [0.25, 0.3) is 0 Å². The maximum absolute atomic E-state index is 12.2. The first-order chi connectivity index (χ1) is 10.7. The van der Waals surface area contributed by atoms with E-state index in [0.717, 1.165) is 5.56 Å². The van der Waals surface area contributed by atoms with Crippen LogP contribution in [0.2, 0.25) is 0 Å². The molecule has 0 bridgehead atoms. The van der Waals surface area contributed by atoms with E-state index in [1.54, 1.807) is 12.1 Å². The first kappa shape index (κ1) is 18.4. The molecule has 0 atom stereocenters. The molecule has 0 aliphatic heterocycles. The molecule has 0 aromatic heterocycles. The minimum atomic E-state index is -3.76. The van der Waals surface area contributed by atoms with Crippen molar-refractivity contribution in [1.82, 2.24) is 4.72 Å². The fourth-order valence-electron chi connectivity index (χ4n) is 2.73. The lowest BCUT2D eigenvalue weighted by atomic mass is 9.89. The molecule has 130 valence electrons. The van der Waals surface area contributed by atoms with Gasteiger partial charge in [-0.05, 0) is 57.7 Å². The number of hydrogen-bond acceptors (Lipinski definition) is 5. The van der Waals surface area contributed by atoms with Crippen molar-refractivity contribution in [1.29, 1.82) is 0 Å². The lowest BCUT2D eigenvalue weighted by molar-refractivity contribution is 0.142. The molecule has 1 aromatic carbocycles. The van der Waals surface area contributed by atoms with Crippen LogP contribution in [-0.2, 0) is 24.3 Å². The number of rotatable bonds is 6. The second-order valence-electron chi connectivity index (χ2n) is 5.99. The van der Waals surface area contributed by atoms with E-state index >= 15 is 0 Å². The molecule has 1 N–H and O–H groups in total. The summed E-state index contributed by atoms with van der Waals surface area (Å²) in [5.41, 5.74) is 0.982. The summed E-state index contributed by atoms with van der Waals surface area (Å²) in [7, 11) is -5.59. The fraction of sp³-hybridized carbons (Fsp3) is 0.600.